The van der Waals surface area contributed by atoms with E-state index in [0.717, 1.165) is 37.7 Å². The van der Waals surface area contributed by atoms with Crippen LogP contribution >= 0.6 is 0 Å². The smallest absolute Gasteiger partial charge is 0.207 e. The normalized spacial score (nSPS) is 16.5. The molecule has 1 fully saturated rings. The number of unbranched alkanes of at least 4 members (excludes halogenated alkanes) is 2. The van der Waals surface area contributed by atoms with Gasteiger partial charge in [0, 0.05) is 26.2 Å². The van der Waals surface area contributed by atoms with Crippen molar-refractivity contribution in [3.8, 4) is 0 Å². The molecule has 0 saturated carbocycles. The van der Waals surface area contributed by atoms with Gasteiger partial charge in [-0.25, -0.2) is 4.39 Å². The Kier molecular flexibility index (Phi) is 6.35. The second kappa shape index (κ2) is 8.04. The highest BCUT2D eigenvalue weighted by Gasteiger charge is 2.31. The van der Waals surface area contributed by atoms with Crippen LogP contribution in [0, 0.1) is 5.82 Å². The van der Waals surface area contributed by atoms with Crippen LogP contribution in [0.2, 0.25) is 0 Å². The predicted octanol–water partition coefficient (Wildman–Crippen LogP) is 3.16. The highest BCUT2D eigenvalue weighted by Crippen LogP contribution is 2.20. The lowest BCUT2D eigenvalue weighted by Crippen LogP contribution is -2.42. The summed E-state index contributed by atoms with van der Waals surface area (Å²) in [5.41, 5.74) is 0.820. The van der Waals surface area contributed by atoms with E-state index in [0.29, 0.717) is 26.2 Å². The summed E-state index contributed by atoms with van der Waals surface area (Å²) < 4.78 is 41.7. The van der Waals surface area contributed by atoms with E-state index in [4.69, 9.17) is 0 Å². The maximum atomic E-state index is 13.0. The lowest BCUT2D eigenvalue weighted by molar-refractivity contribution is 0.348. The van der Waals surface area contributed by atoms with Gasteiger partial charge in [0.2, 0.25) is 0 Å². The van der Waals surface area contributed by atoms with E-state index in [1.54, 1.807) is 20.7 Å². The Balaban J connectivity index is 2.12. The molecule has 0 aromatic heterocycles. The van der Waals surface area contributed by atoms with Gasteiger partial charge in [-0.2, -0.15) is 17.0 Å². The topological polar surface area (TPSA) is 40.6 Å². The van der Waals surface area contributed by atoms with Gasteiger partial charge in [0.1, 0.15) is 5.82 Å². The number of benzene rings is 1. The fourth-order valence-corrected chi connectivity index (χ4v) is 4.41. The molecule has 0 spiro atoms. The first kappa shape index (κ1) is 17.4. The van der Waals surface area contributed by atoms with Crippen molar-refractivity contribution in [2.24, 2.45) is 0 Å². The van der Waals surface area contributed by atoms with Crippen LogP contribution in [-0.4, -0.2) is 36.7 Å². The molecule has 22 heavy (non-hydrogen) atoms. The molecule has 0 bridgehead atoms. The van der Waals surface area contributed by atoms with Gasteiger partial charge in [-0.15, -0.1) is 0 Å². The van der Waals surface area contributed by atoms with Crippen molar-refractivity contribution >= 4 is 10.2 Å². The van der Waals surface area contributed by atoms with Crippen LogP contribution in [-0.2, 0) is 16.8 Å². The van der Waals surface area contributed by atoms with E-state index in [-0.39, 0.29) is 5.82 Å². The predicted molar refractivity (Wildman–Crippen MR) is 86.1 cm³/mol. The summed E-state index contributed by atoms with van der Waals surface area (Å²) in [7, 11) is -3.42. The van der Waals surface area contributed by atoms with Crippen LogP contribution < -0.4 is 0 Å². The quantitative estimate of drug-likeness (QED) is 0.688. The molecule has 1 aromatic rings. The largest absolute Gasteiger partial charge is 0.282 e. The average molecular weight is 328 g/mol. The fourth-order valence-electron chi connectivity index (χ4n) is 2.69. The molecule has 1 aromatic carbocycles. The zero-order chi connectivity index (χ0) is 16.0. The second-order valence-corrected chi connectivity index (χ2v) is 7.71. The SMILES string of the molecule is CCCCCN(Cc1ccc(F)cc1)S(=O)(=O)N1CCCC1. The number of hydrogen-bond donors (Lipinski definition) is 0. The van der Waals surface area contributed by atoms with E-state index in [9.17, 15) is 12.8 Å². The van der Waals surface area contributed by atoms with Crippen LogP contribution in [0.1, 0.15) is 44.6 Å². The van der Waals surface area contributed by atoms with Crippen LogP contribution in [0.3, 0.4) is 0 Å². The Morgan fingerprint density at radius 3 is 2.36 bits per heavy atom. The summed E-state index contributed by atoms with van der Waals surface area (Å²) in [6, 6.07) is 6.06. The average Bonchev–Trinajstić information content (AvgIpc) is 3.03. The summed E-state index contributed by atoms with van der Waals surface area (Å²) in [6.07, 6.45) is 4.77. The molecule has 0 N–H and O–H groups in total. The first-order valence-corrected chi connectivity index (χ1v) is 9.43. The molecule has 2 rings (SSSR count). The molecule has 0 unspecified atom stereocenters. The zero-order valence-electron chi connectivity index (χ0n) is 13.2. The molecule has 124 valence electrons. The Morgan fingerprint density at radius 2 is 1.77 bits per heavy atom. The number of nitrogens with zero attached hydrogens (tertiary/aromatic N) is 2. The molecule has 0 aliphatic carbocycles. The molecule has 0 atom stereocenters. The lowest BCUT2D eigenvalue weighted by atomic mass is 10.2. The second-order valence-electron chi connectivity index (χ2n) is 5.78. The van der Waals surface area contributed by atoms with Crippen molar-refractivity contribution in [3.63, 3.8) is 0 Å². The standard InChI is InChI=1S/C16H25FN2O2S/c1-2-3-4-13-19(14-15-7-9-16(17)10-8-15)22(20,21)18-11-5-6-12-18/h7-10H,2-6,11-14H2,1H3. The summed E-state index contributed by atoms with van der Waals surface area (Å²) in [5.74, 6) is -0.302. The van der Waals surface area contributed by atoms with Crippen molar-refractivity contribution in [1.29, 1.82) is 0 Å². The molecular formula is C16H25FN2O2S. The maximum absolute atomic E-state index is 13.0. The minimum Gasteiger partial charge on any atom is -0.207 e. The van der Waals surface area contributed by atoms with Crippen molar-refractivity contribution in [1.82, 2.24) is 8.61 Å². The van der Waals surface area contributed by atoms with Crippen molar-refractivity contribution in [2.75, 3.05) is 19.6 Å². The highest BCUT2D eigenvalue weighted by atomic mass is 32.2. The van der Waals surface area contributed by atoms with Crippen LogP contribution in [0.15, 0.2) is 24.3 Å². The summed E-state index contributed by atoms with van der Waals surface area (Å²) in [4.78, 5) is 0. The Morgan fingerprint density at radius 1 is 1.14 bits per heavy atom. The van der Waals surface area contributed by atoms with Crippen LogP contribution in [0.5, 0.6) is 0 Å². The van der Waals surface area contributed by atoms with Crippen molar-refractivity contribution in [3.05, 3.63) is 35.6 Å². The van der Waals surface area contributed by atoms with Crippen molar-refractivity contribution in [2.45, 2.75) is 45.6 Å². The van der Waals surface area contributed by atoms with Gasteiger partial charge in [-0.3, -0.25) is 0 Å². The first-order valence-electron chi connectivity index (χ1n) is 8.03. The molecule has 1 heterocycles. The minimum atomic E-state index is -3.42. The molecule has 0 amide bonds. The van der Waals surface area contributed by atoms with Gasteiger partial charge < -0.3 is 0 Å². The van der Waals surface area contributed by atoms with E-state index >= 15 is 0 Å². The van der Waals surface area contributed by atoms with Crippen molar-refractivity contribution < 1.29 is 12.8 Å². The van der Waals surface area contributed by atoms with Gasteiger partial charge in [0.15, 0.2) is 0 Å². The Bertz CT molecular complexity index is 554. The van der Waals surface area contributed by atoms with Crippen LogP contribution in [0.25, 0.3) is 0 Å². The van der Waals surface area contributed by atoms with Gasteiger partial charge in [-0.05, 0) is 37.0 Å². The lowest BCUT2D eigenvalue weighted by Gasteiger charge is -2.27. The molecular weight excluding hydrogens is 303 g/mol. The first-order chi connectivity index (χ1) is 10.5. The third kappa shape index (κ3) is 4.51. The molecule has 6 heteroatoms. The van der Waals surface area contributed by atoms with E-state index in [2.05, 4.69) is 6.92 Å². The molecule has 4 nitrogen and oxygen atoms in total. The number of rotatable bonds is 8. The monoisotopic (exact) mass is 328 g/mol. The van der Waals surface area contributed by atoms with E-state index in [1.807, 2.05) is 0 Å². The molecule has 0 radical (unpaired) electrons. The molecule has 1 aliphatic rings. The zero-order valence-corrected chi connectivity index (χ0v) is 14.0. The van der Waals surface area contributed by atoms with E-state index in [1.165, 1.54) is 12.1 Å². The van der Waals surface area contributed by atoms with Gasteiger partial charge >= 0.3 is 0 Å². The maximum Gasteiger partial charge on any atom is 0.282 e. The van der Waals surface area contributed by atoms with E-state index < -0.39 is 10.2 Å². The summed E-state index contributed by atoms with van der Waals surface area (Å²) >= 11 is 0. The summed E-state index contributed by atoms with van der Waals surface area (Å²) in [6.45, 7) is 4.14. The highest BCUT2D eigenvalue weighted by molar-refractivity contribution is 7.86. The minimum absolute atomic E-state index is 0.302. The third-order valence-corrected chi connectivity index (χ3v) is 5.98. The summed E-state index contributed by atoms with van der Waals surface area (Å²) in [5, 5.41) is 0. The number of hydrogen-bond acceptors (Lipinski definition) is 2. The van der Waals surface area contributed by atoms with Crippen LogP contribution in [0.4, 0.5) is 4.39 Å². The van der Waals surface area contributed by atoms with Gasteiger partial charge in [-0.1, -0.05) is 31.9 Å². The van der Waals surface area contributed by atoms with Gasteiger partial charge in [0.25, 0.3) is 10.2 Å². The third-order valence-electron chi connectivity index (χ3n) is 4.00. The molecule has 1 aliphatic heterocycles. The molecule has 1 saturated heterocycles. The Labute approximate surface area is 133 Å². The Hall–Kier alpha value is -0.980. The van der Waals surface area contributed by atoms with Gasteiger partial charge in [0.05, 0.1) is 0 Å². The fraction of sp³-hybridized carbons (Fsp3) is 0.625. The number of halogens is 1.